The molecule has 0 radical (unpaired) electrons. The lowest BCUT2D eigenvalue weighted by molar-refractivity contribution is -0.105. The number of rotatable bonds is 4. The number of carbonyl (C=O) groups excluding carboxylic acids is 1. The molecule has 3 heteroatoms. The Bertz CT molecular complexity index is 260. The molecule has 0 aromatic heterocycles. The molecule has 0 spiro atoms. The molecular formula is C9H12N2O. The zero-order valence-electron chi connectivity index (χ0n) is 6.79. The van der Waals surface area contributed by atoms with E-state index >= 15 is 0 Å². The minimum Gasteiger partial charge on any atom is -0.330 e. The van der Waals surface area contributed by atoms with Crippen LogP contribution in [0.15, 0.2) is 24.3 Å². The Labute approximate surface area is 71.6 Å². The van der Waals surface area contributed by atoms with E-state index in [1.165, 1.54) is 0 Å². The summed E-state index contributed by atoms with van der Waals surface area (Å²) >= 11 is 0. The number of nitrogens with one attached hydrogen (secondary N) is 1. The number of carbonyl (C=O) groups is 1. The normalized spacial score (nSPS) is 9.42. The quantitative estimate of drug-likeness (QED) is 0.645. The van der Waals surface area contributed by atoms with Crippen molar-refractivity contribution in [3.63, 3.8) is 0 Å². The molecule has 1 amide bonds. The minimum atomic E-state index is 0.595. The van der Waals surface area contributed by atoms with Gasteiger partial charge in [-0.15, -0.1) is 0 Å². The molecule has 3 nitrogen and oxygen atoms in total. The molecule has 0 saturated carbocycles. The second-order valence-electron chi connectivity index (χ2n) is 2.46. The Balaban J connectivity index is 2.83. The lowest BCUT2D eigenvalue weighted by Crippen LogP contribution is -2.06. The standard InChI is InChI=1S/C9H12N2O/c10-6-5-8-3-1-2-4-9(8)11-7-12/h1-4,7H,5-6,10H2,(H,11,12). The zero-order chi connectivity index (χ0) is 8.81. The molecule has 0 heterocycles. The minimum absolute atomic E-state index is 0.595. The highest BCUT2D eigenvalue weighted by atomic mass is 16.1. The molecule has 0 aliphatic rings. The summed E-state index contributed by atoms with van der Waals surface area (Å²) in [5.74, 6) is 0. The van der Waals surface area contributed by atoms with Gasteiger partial charge in [-0.3, -0.25) is 4.79 Å². The van der Waals surface area contributed by atoms with Crippen LogP contribution in [-0.2, 0) is 11.2 Å². The number of benzene rings is 1. The molecule has 0 aliphatic heterocycles. The average Bonchev–Trinajstić information content (AvgIpc) is 2.09. The lowest BCUT2D eigenvalue weighted by Gasteiger charge is -2.05. The number of hydrogen-bond acceptors (Lipinski definition) is 2. The highest BCUT2D eigenvalue weighted by Crippen LogP contribution is 2.13. The molecule has 0 atom stereocenters. The predicted octanol–water partition coefficient (Wildman–Crippen LogP) is 0.756. The first-order valence-electron chi connectivity index (χ1n) is 3.86. The molecule has 0 saturated heterocycles. The van der Waals surface area contributed by atoms with Gasteiger partial charge in [0.2, 0.25) is 6.41 Å². The summed E-state index contributed by atoms with van der Waals surface area (Å²) in [5, 5.41) is 2.62. The average molecular weight is 164 g/mol. The second-order valence-corrected chi connectivity index (χ2v) is 2.46. The van der Waals surface area contributed by atoms with Crippen LogP contribution in [0.5, 0.6) is 0 Å². The third-order valence-corrected chi connectivity index (χ3v) is 1.65. The van der Waals surface area contributed by atoms with Crippen molar-refractivity contribution in [1.29, 1.82) is 0 Å². The van der Waals surface area contributed by atoms with E-state index in [0.29, 0.717) is 13.0 Å². The molecule has 1 aromatic carbocycles. The largest absolute Gasteiger partial charge is 0.330 e. The van der Waals surface area contributed by atoms with Crippen molar-refractivity contribution in [2.45, 2.75) is 6.42 Å². The Morgan fingerprint density at radius 2 is 2.17 bits per heavy atom. The summed E-state index contributed by atoms with van der Waals surface area (Å²) in [6, 6.07) is 7.63. The molecule has 0 fully saturated rings. The van der Waals surface area contributed by atoms with Crippen molar-refractivity contribution in [2.75, 3.05) is 11.9 Å². The van der Waals surface area contributed by atoms with Crippen LogP contribution in [0.1, 0.15) is 5.56 Å². The number of para-hydroxylation sites is 1. The van der Waals surface area contributed by atoms with Gasteiger partial charge in [0.25, 0.3) is 0 Å². The maximum Gasteiger partial charge on any atom is 0.211 e. The van der Waals surface area contributed by atoms with E-state index in [4.69, 9.17) is 5.73 Å². The fraction of sp³-hybridized carbons (Fsp3) is 0.222. The van der Waals surface area contributed by atoms with E-state index in [-0.39, 0.29) is 0 Å². The van der Waals surface area contributed by atoms with E-state index in [0.717, 1.165) is 17.7 Å². The highest BCUT2D eigenvalue weighted by molar-refractivity contribution is 5.73. The van der Waals surface area contributed by atoms with Crippen molar-refractivity contribution < 1.29 is 4.79 Å². The van der Waals surface area contributed by atoms with Crippen molar-refractivity contribution in [3.05, 3.63) is 29.8 Å². The van der Waals surface area contributed by atoms with Gasteiger partial charge in [-0.05, 0) is 24.6 Å². The lowest BCUT2D eigenvalue weighted by atomic mass is 10.1. The van der Waals surface area contributed by atoms with Gasteiger partial charge in [-0.1, -0.05) is 18.2 Å². The van der Waals surface area contributed by atoms with Gasteiger partial charge in [0.1, 0.15) is 0 Å². The van der Waals surface area contributed by atoms with Crippen molar-refractivity contribution in [3.8, 4) is 0 Å². The van der Waals surface area contributed by atoms with Crippen LogP contribution < -0.4 is 11.1 Å². The zero-order valence-corrected chi connectivity index (χ0v) is 6.79. The molecule has 0 unspecified atom stereocenters. The number of hydrogen-bond donors (Lipinski definition) is 2. The van der Waals surface area contributed by atoms with Crippen molar-refractivity contribution in [2.24, 2.45) is 5.73 Å². The summed E-state index contributed by atoms with van der Waals surface area (Å²) in [6.07, 6.45) is 1.46. The maximum absolute atomic E-state index is 10.2. The van der Waals surface area contributed by atoms with Gasteiger partial charge in [-0.25, -0.2) is 0 Å². The van der Waals surface area contributed by atoms with Crippen molar-refractivity contribution >= 4 is 12.1 Å². The predicted molar refractivity (Wildman–Crippen MR) is 48.9 cm³/mol. The van der Waals surface area contributed by atoms with Gasteiger partial charge in [0.05, 0.1) is 0 Å². The smallest absolute Gasteiger partial charge is 0.211 e. The van der Waals surface area contributed by atoms with Crippen LogP contribution in [-0.4, -0.2) is 13.0 Å². The number of nitrogens with two attached hydrogens (primary N) is 1. The van der Waals surface area contributed by atoms with E-state index in [1.807, 2.05) is 24.3 Å². The van der Waals surface area contributed by atoms with Crippen LogP contribution in [0, 0.1) is 0 Å². The highest BCUT2D eigenvalue weighted by Gasteiger charge is 1.97. The van der Waals surface area contributed by atoms with Crippen LogP contribution >= 0.6 is 0 Å². The Kier molecular flexibility index (Phi) is 3.29. The molecular weight excluding hydrogens is 152 g/mol. The number of anilines is 1. The van der Waals surface area contributed by atoms with Crippen molar-refractivity contribution in [1.82, 2.24) is 0 Å². The molecule has 1 aromatic rings. The summed E-state index contributed by atoms with van der Waals surface area (Å²) in [6.45, 7) is 0.595. The summed E-state index contributed by atoms with van der Waals surface area (Å²) in [7, 11) is 0. The van der Waals surface area contributed by atoms with Gasteiger partial charge >= 0.3 is 0 Å². The summed E-state index contributed by atoms with van der Waals surface area (Å²) in [5.41, 5.74) is 7.33. The first-order valence-corrected chi connectivity index (χ1v) is 3.86. The molecule has 0 bridgehead atoms. The SMILES string of the molecule is NCCc1ccccc1NC=O. The molecule has 12 heavy (non-hydrogen) atoms. The maximum atomic E-state index is 10.2. The van der Waals surface area contributed by atoms with E-state index in [2.05, 4.69) is 5.32 Å². The van der Waals surface area contributed by atoms with Gasteiger partial charge in [-0.2, -0.15) is 0 Å². The Morgan fingerprint density at radius 3 is 2.83 bits per heavy atom. The first kappa shape index (κ1) is 8.74. The third kappa shape index (κ3) is 2.07. The van der Waals surface area contributed by atoms with Gasteiger partial charge < -0.3 is 11.1 Å². The van der Waals surface area contributed by atoms with E-state index in [9.17, 15) is 4.79 Å². The Morgan fingerprint density at radius 1 is 1.42 bits per heavy atom. The fourth-order valence-corrected chi connectivity index (χ4v) is 1.10. The molecule has 64 valence electrons. The van der Waals surface area contributed by atoms with Gasteiger partial charge in [0.15, 0.2) is 0 Å². The van der Waals surface area contributed by atoms with Crippen LogP contribution in [0.4, 0.5) is 5.69 Å². The topological polar surface area (TPSA) is 55.1 Å². The second kappa shape index (κ2) is 4.51. The summed E-state index contributed by atoms with van der Waals surface area (Å²) in [4.78, 5) is 10.2. The molecule has 1 rings (SSSR count). The first-order chi connectivity index (χ1) is 5.88. The van der Waals surface area contributed by atoms with Gasteiger partial charge in [0, 0.05) is 5.69 Å². The molecule has 3 N–H and O–H groups in total. The number of amides is 1. The van der Waals surface area contributed by atoms with Crippen LogP contribution in [0.3, 0.4) is 0 Å². The molecule has 0 aliphatic carbocycles. The monoisotopic (exact) mass is 164 g/mol. The van der Waals surface area contributed by atoms with E-state index in [1.54, 1.807) is 0 Å². The fourth-order valence-electron chi connectivity index (χ4n) is 1.10. The third-order valence-electron chi connectivity index (χ3n) is 1.65. The van der Waals surface area contributed by atoms with E-state index < -0.39 is 0 Å². The van der Waals surface area contributed by atoms with Crippen LogP contribution in [0.25, 0.3) is 0 Å². The Hall–Kier alpha value is -1.35. The van der Waals surface area contributed by atoms with Crippen LogP contribution in [0.2, 0.25) is 0 Å². The summed E-state index contributed by atoms with van der Waals surface area (Å²) < 4.78 is 0.